The second-order valence-corrected chi connectivity index (χ2v) is 6.56. The Hall–Kier alpha value is -1.60. The first-order chi connectivity index (χ1) is 12.0. The summed E-state index contributed by atoms with van der Waals surface area (Å²) in [5.41, 5.74) is 2.65. The molecule has 0 radical (unpaired) electrons. The molecule has 7 heteroatoms. The summed E-state index contributed by atoms with van der Waals surface area (Å²) >= 11 is 3.46. The van der Waals surface area contributed by atoms with E-state index in [4.69, 9.17) is 4.74 Å². The molecule has 0 bridgehead atoms. The number of carbonyl (C=O) groups excluding carboxylic acids is 1. The van der Waals surface area contributed by atoms with Gasteiger partial charge in [0.15, 0.2) is 0 Å². The fourth-order valence-electron chi connectivity index (χ4n) is 2.48. The molecular weight excluding hydrogens is 407 g/mol. The minimum absolute atomic E-state index is 0. The normalized spacial score (nSPS) is 10.2. The van der Waals surface area contributed by atoms with E-state index in [-0.39, 0.29) is 35.3 Å². The number of hydrogen-bond acceptors (Lipinski definition) is 4. The molecular formula is C19H16BrN2NaO3. The van der Waals surface area contributed by atoms with Gasteiger partial charge in [0.05, 0.1) is 12.5 Å². The topological polar surface area (TPSA) is 67.2 Å². The number of carboxylic acid groups (broad SMARTS) is 1. The van der Waals surface area contributed by atoms with Crippen molar-refractivity contribution in [2.75, 3.05) is 0 Å². The van der Waals surface area contributed by atoms with Crippen LogP contribution < -0.4 is 39.4 Å². The second-order valence-electron chi connectivity index (χ2n) is 5.64. The van der Waals surface area contributed by atoms with Crippen LogP contribution in [0.5, 0.6) is 5.75 Å². The number of aryl methyl sites for hydroxylation is 1. The van der Waals surface area contributed by atoms with E-state index in [0.29, 0.717) is 13.2 Å². The van der Waals surface area contributed by atoms with E-state index >= 15 is 0 Å². The van der Waals surface area contributed by atoms with Crippen LogP contribution in [-0.4, -0.2) is 15.7 Å². The van der Waals surface area contributed by atoms with E-state index in [1.54, 1.807) is 4.68 Å². The number of halogens is 1. The van der Waals surface area contributed by atoms with Crippen LogP contribution in [0, 0.1) is 6.92 Å². The van der Waals surface area contributed by atoms with Crippen molar-refractivity contribution < 1.29 is 44.2 Å². The van der Waals surface area contributed by atoms with Gasteiger partial charge in [-0.05, 0) is 36.8 Å². The number of ether oxygens (including phenoxy) is 1. The molecule has 0 amide bonds. The summed E-state index contributed by atoms with van der Waals surface area (Å²) in [6.45, 7) is 2.67. The first-order valence-electron chi connectivity index (χ1n) is 7.74. The SMILES string of the molecule is Cc1cc(C(=O)[O-])nn1Cc1cc(Br)ccc1OCc1ccccc1.[Na+]. The zero-order valence-electron chi connectivity index (χ0n) is 14.6. The minimum atomic E-state index is -1.28. The number of carbonyl (C=O) groups is 1. The monoisotopic (exact) mass is 422 g/mol. The van der Waals surface area contributed by atoms with Crippen LogP contribution in [0.4, 0.5) is 0 Å². The smallest absolute Gasteiger partial charge is 0.543 e. The quantitative estimate of drug-likeness (QED) is 0.522. The number of nitrogens with zero attached hydrogens (tertiary/aromatic N) is 2. The number of aromatic carboxylic acids is 1. The minimum Gasteiger partial charge on any atom is -0.543 e. The number of aromatic nitrogens is 2. The van der Waals surface area contributed by atoms with Crippen LogP contribution >= 0.6 is 15.9 Å². The predicted molar refractivity (Wildman–Crippen MR) is 95.3 cm³/mol. The third-order valence-electron chi connectivity index (χ3n) is 3.77. The van der Waals surface area contributed by atoms with Crippen LogP contribution in [0.15, 0.2) is 59.1 Å². The van der Waals surface area contributed by atoms with Crippen molar-refractivity contribution in [2.45, 2.75) is 20.1 Å². The Kier molecular flexibility index (Phi) is 7.46. The van der Waals surface area contributed by atoms with Gasteiger partial charge in [0, 0.05) is 15.7 Å². The third-order valence-corrected chi connectivity index (χ3v) is 4.26. The van der Waals surface area contributed by atoms with Crippen molar-refractivity contribution in [2.24, 2.45) is 0 Å². The summed E-state index contributed by atoms with van der Waals surface area (Å²) in [7, 11) is 0. The molecule has 1 aromatic heterocycles. The second kappa shape index (κ2) is 9.37. The van der Waals surface area contributed by atoms with E-state index in [2.05, 4.69) is 21.0 Å². The van der Waals surface area contributed by atoms with Crippen LogP contribution in [-0.2, 0) is 13.2 Å². The van der Waals surface area contributed by atoms with Gasteiger partial charge in [0.1, 0.15) is 18.1 Å². The van der Waals surface area contributed by atoms with Crippen molar-refractivity contribution in [1.29, 1.82) is 0 Å². The van der Waals surface area contributed by atoms with Gasteiger partial charge >= 0.3 is 29.6 Å². The zero-order chi connectivity index (χ0) is 17.8. The third kappa shape index (κ3) is 5.20. The summed E-state index contributed by atoms with van der Waals surface area (Å²) < 4.78 is 8.50. The number of benzene rings is 2. The summed E-state index contributed by atoms with van der Waals surface area (Å²) in [6.07, 6.45) is 0. The standard InChI is InChI=1S/C19H17BrN2O3.Na/c1-13-9-17(19(23)24)21-22(13)11-15-10-16(20)7-8-18(15)25-12-14-5-3-2-4-6-14;/h2-10H,11-12H2,1H3,(H,23,24);/q;+1/p-1. The molecule has 0 atom stereocenters. The maximum absolute atomic E-state index is 11.0. The Balaban J connectivity index is 0.00000243. The van der Waals surface area contributed by atoms with Crippen LogP contribution in [0.1, 0.15) is 27.3 Å². The Labute approximate surface area is 182 Å². The number of rotatable bonds is 6. The molecule has 0 aliphatic heterocycles. The van der Waals surface area contributed by atoms with Crippen molar-refractivity contribution in [3.05, 3.63) is 81.6 Å². The maximum Gasteiger partial charge on any atom is 1.00 e. The van der Waals surface area contributed by atoms with Crippen LogP contribution in [0.3, 0.4) is 0 Å². The Morgan fingerprint density at radius 3 is 2.58 bits per heavy atom. The molecule has 26 heavy (non-hydrogen) atoms. The van der Waals surface area contributed by atoms with Gasteiger partial charge in [-0.15, -0.1) is 0 Å². The largest absolute Gasteiger partial charge is 1.00 e. The van der Waals surface area contributed by atoms with Gasteiger partial charge in [-0.2, -0.15) is 5.10 Å². The van der Waals surface area contributed by atoms with E-state index in [0.717, 1.165) is 27.0 Å². The average molecular weight is 423 g/mol. The van der Waals surface area contributed by atoms with Crippen molar-refractivity contribution in [1.82, 2.24) is 9.78 Å². The molecule has 5 nitrogen and oxygen atoms in total. The first kappa shape index (κ1) is 20.7. The molecule has 3 rings (SSSR count). The average Bonchev–Trinajstić information content (AvgIpc) is 2.96. The van der Waals surface area contributed by atoms with E-state index in [1.807, 2.05) is 55.5 Å². The summed E-state index contributed by atoms with van der Waals surface area (Å²) in [6, 6.07) is 17.1. The van der Waals surface area contributed by atoms with Crippen LogP contribution in [0.25, 0.3) is 0 Å². The maximum atomic E-state index is 11.0. The molecule has 0 saturated carbocycles. The molecule has 0 spiro atoms. The van der Waals surface area contributed by atoms with Gasteiger partial charge in [0.2, 0.25) is 0 Å². The first-order valence-corrected chi connectivity index (χ1v) is 8.53. The molecule has 0 fully saturated rings. The molecule has 0 aliphatic carbocycles. The fourth-order valence-corrected chi connectivity index (χ4v) is 2.89. The van der Waals surface area contributed by atoms with Gasteiger partial charge in [-0.25, -0.2) is 0 Å². The Morgan fingerprint density at radius 2 is 1.92 bits per heavy atom. The predicted octanol–water partition coefficient (Wildman–Crippen LogP) is -0.0512. The van der Waals surface area contributed by atoms with Crippen LogP contribution in [0.2, 0.25) is 0 Å². The Bertz CT molecular complexity index is 897. The number of carboxylic acids is 1. The van der Waals surface area contributed by atoms with Gasteiger partial charge in [-0.3, -0.25) is 4.68 Å². The van der Waals surface area contributed by atoms with Crippen molar-refractivity contribution in [3.8, 4) is 5.75 Å². The molecule has 0 saturated heterocycles. The van der Waals surface area contributed by atoms with E-state index in [1.165, 1.54) is 6.07 Å². The van der Waals surface area contributed by atoms with Gasteiger partial charge < -0.3 is 14.6 Å². The van der Waals surface area contributed by atoms with Gasteiger partial charge in [-0.1, -0.05) is 46.3 Å². The fraction of sp³-hybridized carbons (Fsp3) is 0.158. The van der Waals surface area contributed by atoms with E-state index in [9.17, 15) is 9.90 Å². The Morgan fingerprint density at radius 1 is 1.19 bits per heavy atom. The molecule has 0 N–H and O–H groups in total. The molecule has 2 aromatic carbocycles. The summed E-state index contributed by atoms with van der Waals surface area (Å²) in [5, 5.41) is 15.1. The summed E-state index contributed by atoms with van der Waals surface area (Å²) in [5.74, 6) is -0.548. The zero-order valence-corrected chi connectivity index (χ0v) is 18.2. The molecule has 0 aliphatic rings. The van der Waals surface area contributed by atoms with E-state index < -0.39 is 5.97 Å². The molecule has 1 heterocycles. The molecule has 3 aromatic rings. The van der Waals surface area contributed by atoms with Gasteiger partial charge in [0.25, 0.3) is 0 Å². The van der Waals surface area contributed by atoms with Crippen molar-refractivity contribution in [3.63, 3.8) is 0 Å². The number of hydrogen-bond donors (Lipinski definition) is 0. The molecule has 0 unspecified atom stereocenters. The summed E-state index contributed by atoms with van der Waals surface area (Å²) in [4.78, 5) is 11.0. The van der Waals surface area contributed by atoms with Crippen molar-refractivity contribution >= 4 is 21.9 Å². The molecule has 128 valence electrons.